The van der Waals surface area contributed by atoms with Gasteiger partial charge in [-0.1, -0.05) is 6.08 Å². The summed E-state index contributed by atoms with van der Waals surface area (Å²) in [5.41, 5.74) is 0. The van der Waals surface area contributed by atoms with Crippen molar-refractivity contribution in [3.05, 3.63) is 12.7 Å². The first-order valence-electron chi connectivity index (χ1n) is 5.88. The normalized spacial score (nSPS) is 25.4. The lowest BCUT2D eigenvalue weighted by molar-refractivity contribution is -0.142. The van der Waals surface area contributed by atoms with Gasteiger partial charge in [0.1, 0.15) is 0 Å². The van der Waals surface area contributed by atoms with Crippen molar-refractivity contribution >= 4 is 12.0 Å². The number of carbonyl (C=O) groups excluding carboxylic acids is 1. The molecule has 1 aliphatic heterocycles. The standard InChI is InChI=1S/C12H20N2O3/c1-4-5-8(2)13-12(17)14-7-6-10(9(14)3)11(15)16/h4,8-10H,1,5-7H2,2-3H3,(H,13,17)(H,15,16). The number of aliphatic carboxylic acids is 1. The van der Waals surface area contributed by atoms with E-state index >= 15 is 0 Å². The molecule has 1 heterocycles. The lowest BCUT2D eigenvalue weighted by Gasteiger charge is -2.25. The zero-order valence-electron chi connectivity index (χ0n) is 10.3. The van der Waals surface area contributed by atoms with Crippen molar-refractivity contribution in [3.63, 3.8) is 0 Å². The van der Waals surface area contributed by atoms with Gasteiger partial charge in [-0.15, -0.1) is 6.58 Å². The third-order valence-corrected chi connectivity index (χ3v) is 3.22. The van der Waals surface area contributed by atoms with Gasteiger partial charge >= 0.3 is 12.0 Å². The highest BCUT2D eigenvalue weighted by Crippen LogP contribution is 2.24. The smallest absolute Gasteiger partial charge is 0.317 e. The van der Waals surface area contributed by atoms with Gasteiger partial charge in [0.2, 0.25) is 0 Å². The second kappa shape index (κ2) is 5.70. The Balaban J connectivity index is 2.54. The quantitative estimate of drug-likeness (QED) is 0.731. The summed E-state index contributed by atoms with van der Waals surface area (Å²) < 4.78 is 0. The van der Waals surface area contributed by atoms with Gasteiger partial charge in [-0.3, -0.25) is 4.79 Å². The van der Waals surface area contributed by atoms with Crippen molar-refractivity contribution in [1.29, 1.82) is 0 Å². The van der Waals surface area contributed by atoms with Crippen molar-refractivity contribution in [3.8, 4) is 0 Å². The van der Waals surface area contributed by atoms with Crippen LogP contribution in [0.1, 0.15) is 26.7 Å². The van der Waals surface area contributed by atoms with Crippen LogP contribution in [0.15, 0.2) is 12.7 Å². The fourth-order valence-electron chi connectivity index (χ4n) is 2.16. The first kappa shape index (κ1) is 13.5. The molecule has 0 bridgehead atoms. The van der Waals surface area contributed by atoms with Crippen LogP contribution in [-0.2, 0) is 4.79 Å². The number of nitrogens with one attached hydrogen (secondary N) is 1. The summed E-state index contributed by atoms with van der Waals surface area (Å²) >= 11 is 0. The highest BCUT2D eigenvalue weighted by molar-refractivity contribution is 5.78. The van der Waals surface area contributed by atoms with Crippen molar-refractivity contribution in [2.45, 2.75) is 38.8 Å². The summed E-state index contributed by atoms with van der Waals surface area (Å²) in [4.78, 5) is 24.4. The molecule has 5 nitrogen and oxygen atoms in total. The second-order valence-corrected chi connectivity index (χ2v) is 4.54. The Morgan fingerprint density at radius 3 is 2.76 bits per heavy atom. The molecule has 0 aromatic heterocycles. The number of carbonyl (C=O) groups is 2. The van der Waals surface area contributed by atoms with Crippen LogP contribution in [-0.4, -0.2) is 40.6 Å². The molecule has 0 spiro atoms. The summed E-state index contributed by atoms with van der Waals surface area (Å²) in [5, 5.41) is 11.8. The maximum Gasteiger partial charge on any atom is 0.317 e. The van der Waals surface area contributed by atoms with E-state index < -0.39 is 11.9 Å². The first-order valence-corrected chi connectivity index (χ1v) is 5.88. The minimum Gasteiger partial charge on any atom is -0.481 e. The zero-order chi connectivity index (χ0) is 13.0. The van der Waals surface area contributed by atoms with E-state index in [2.05, 4.69) is 11.9 Å². The van der Waals surface area contributed by atoms with Gasteiger partial charge in [-0.25, -0.2) is 4.79 Å². The molecule has 1 fully saturated rings. The third-order valence-electron chi connectivity index (χ3n) is 3.22. The van der Waals surface area contributed by atoms with E-state index in [1.807, 2.05) is 6.92 Å². The van der Waals surface area contributed by atoms with Crippen LogP contribution in [0, 0.1) is 5.92 Å². The highest BCUT2D eigenvalue weighted by Gasteiger charge is 2.38. The number of hydrogen-bond donors (Lipinski definition) is 2. The molecule has 5 heteroatoms. The average molecular weight is 240 g/mol. The van der Waals surface area contributed by atoms with Crippen LogP contribution in [0.25, 0.3) is 0 Å². The van der Waals surface area contributed by atoms with Gasteiger partial charge in [0.15, 0.2) is 0 Å². The molecule has 96 valence electrons. The third kappa shape index (κ3) is 3.22. The Bertz CT molecular complexity index is 317. The van der Waals surface area contributed by atoms with Crippen LogP contribution in [0.2, 0.25) is 0 Å². The molecule has 0 saturated carbocycles. The summed E-state index contributed by atoms with van der Waals surface area (Å²) in [5.74, 6) is -1.28. The SMILES string of the molecule is C=CCC(C)NC(=O)N1CCC(C(=O)O)C1C. The second-order valence-electron chi connectivity index (χ2n) is 4.54. The summed E-state index contributed by atoms with van der Waals surface area (Å²) in [7, 11) is 0. The number of rotatable bonds is 4. The van der Waals surface area contributed by atoms with E-state index in [-0.39, 0.29) is 18.1 Å². The van der Waals surface area contributed by atoms with E-state index in [9.17, 15) is 9.59 Å². The Labute approximate surface area is 101 Å². The van der Waals surface area contributed by atoms with Gasteiger partial charge in [0.25, 0.3) is 0 Å². The van der Waals surface area contributed by atoms with Gasteiger partial charge in [-0.05, 0) is 26.7 Å². The van der Waals surface area contributed by atoms with Gasteiger partial charge in [0.05, 0.1) is 5.92 Å². The van der Waals surface area contributed by atoms with Gasteiger partial charge < -0.3 is 15.3 Å². The number of urea groups is 1. The van der Waals surface area contributed by atoms with E-state index in [1.165, 1.54) is 0 Å². The monoisotopic (exact) mass is 240 g/mol. The zero-order valence-corrected chi connectivity index (χ0v) is 10.3. The van der Waals surface area contributed by atoms with Crippen LogP contribution < -0.4 is 5.32 Å². The Morgan fingerprint density at radius 2 is 2.29 bits per heavy atom. The number of likely N-dealkylation sites (tertiary alicyclic amines) is 1. The highest BCUT2D eigenvalue weighted by atomic mass is 16.4. The van der Waals surface area contributed by atoms with E-state index in [0.717, 1.165) is 0 Å². The minimum absolute atomic E-state index is 0.0241. The molecule has 0 aromatic rings. The fourth-order valence-corrected chi connectivity index (χ4v) is 2.16. The van der Waals surface area contributed by atoms with E-state index in [4.69, 9.17) is 5.11 Å². The number of carboxylic acids is 1. The summed E-state index contributed by atoms with van der Waals surface area (Å²) in [6, 6.07) is -0.407. The predicted octanol–water partition coefficient (Wildman–Crippen LogP) is 1.46. The van der Waals surface area contributed by atoms with Crippen molar-refractivity contribution < 1.29 is 14.7 Å². The largest absolute Gasteiger partial charge is 0.481 e. The van der Waals surface area contributed by atoms with Crippen molar-refractivity contribution in [2.24, 2.45) is 5.92 Å². The molecule has 1 aliphatic rings. The molecule has 0 aromatic carbocycles. The van der Waals surface area contributed by atoms with Crippen LogP contribution >= 0.6 is 0 Å². The van der Waals surface area contributed by atoms with Crippen LogP contribution in [0.5, 0.6) is 0 Å². The molecule has 2 amide bonds. The summed E-state index contributed by atoms with van der Waals surface area (Å²) in [6.07, 6.45) is 2.98. The molecule has 0 aliphatic carbocycles. The Morgan fingerprint density at radius 1 is 1.65 bits per heavy atom. The minimum atomic E-state index is -0.827. The van der Waals surface area contributed by atoms with Crippen LogP contribution in [0.4, 0.5) is 4.79 Å². The molecule has 3 unspecified atom stereocenters. The molecule has 2 N–H and O–H groups in total. The maximum absolute atomic E-state index is 11.9. The molecule has 0 radical (unpaired) electrons. The van der Waals surface area contributed by atoms with E-state index in [1.54, 1.807) is 17.9 Å². The Kier molecular flexibility index (Phi) is 4.54. The number of hydrogen-bond acceptors (Lipinski definition) is 2. The average Bonchev–Trinajstić information content (AvgIpc) is 2.60. The number of carboxylic acid groups (broad SMARTS) is 1. The fraction of sp³-hybridized carbons (Fsp3) is 0.667. The molecule has 1 rings (SSSR count). The Hall–Kier alpha value is -1.52. The number of nitrogens with zero attached hydrogens (tertiary/aromatic N) is 1. The van der Waals surface area contributed by atoms with Crippen LogP contribution in [0.3, 0.4) is 0 Å². The molecule has 1 saturated heterocycles. The van der Waals surface area contributed by atoms with Crippen molar-refractivity contribution in [2.75, 3.05) is 6.54 Å². The molecular formula is C12H20N2O3. The summed E-state index contributed by atoms with van der Waals surface area (Å²) in [6.45, 7) is 7.80. The maximum atomic E-state index is 11.9. The van der Waals surface area contributed by atoms with Crippen molar-refractivity contribution in [1.82, 2.24) is 10.2 Å². The number of amides is 2. The van der Waals surface area contributed by atoms with E-state index in [0.29, 0.717) is 19.4 Å². The molecule has 3 atom stereocenters. The molecule has 17 heavy (non-hydrogen) atoms. The first-order chi connectivity index (χ1) is 7.97. The van der Waals surface area contributed by atoms with Gasteiger partial charge in [0, 0.05) is 18.6 Å². The predicted molar refractivity (Wildman–Crippen MR) is 64.7 cm³/mol. The molecular weight excluding hydrogens is 220 g/mol. The van der Waals surface area contributed by atoms with Gasteiger partial charge in [-0.2, -0.15) is 0 Å². The lowest BCUT2D eigenvalue weighted by Crippen LogP contribution is -2.46. The topological polar surface area (TPSA) is 69.6 Å². The lowest BCUT2D eigenvalue weighted by atomic mass is 10.0.